The Morgan fingerprint density at radius 3 is 2.16 bits per heavy atom. The molecule has 3 N–H and O–H groups in total. The molecule has 2 rings (SSSR count). The lowest BCUT2D eigenvalue weighted by molar-refractivity contribution is 0.0354. The molecular formula is C16H33N3. The number of nitrogens with zero attached hydrogens (tertiary/aromatic N) is 1. The lowest BCUT2D eigenvalue weighted by atomic mass is 9.67. The van der Waals surface area contributed by atoms with Crippen LogP contribution in [-0.2, 0) is 0 Å². The number of hydrogen-bond acceptors (Lipinski definition) is 3. The first-order valence-corrected chi connectivity index (χ1v) is 8.18. The molecule has 2 aliphatic rings. The van der Waals surface area contributed by atoms with E-state index in [1.54, 1.807) is 0 Å². The third-order valence-corrected chi connectivity index (χ3v) is 5.31. The molecule has 0 amide bonds. The van der Waals surface area contributed by atoms with Gasteiger partial charge in [-0.2, -0.15) is 0 Å². The topological polar surface area (TPSA) is 41.3 Å². The zero-order valence-electron chi connectivity index (χ0n) is 13.2. The van der Waals surface area contributed by atoms with Gasteiger partial charge in [-0.05, 0) is 49.9 Å². The van der Waals surface area contributed by atoms with E-state index in [9.17, 15) is 0 Å². The summed E-state index contributed by atoms with van der Waals surface area (Å²) in [5, 5.41) is 2.44. The molecule has 19 heavy (non-hydrogen) atoms. The van der Waals surface area contributed by atoms with Crippen molar-refractivity contribution in [1.29, 1.82) is 0 Å². The zero-order chi connectivity index (χ0) is 13.9. The SMILES string of the molecule is CC(C)(C)C1CCC(CN)(NN2CCCCC2)CC1. The van der Waals surface area contributed by atoms with E-state index in [4.69, 9.17) is 5.73 Å². The van der Waals surface area contributed by atoms with Crippen molar-refractivity contribution < 1.29 is 0 Å². The van der Waals surface area contributed by atoms with Gasteiger partial charge in [0.2, 0.25) is 0 Å². The van der Waals surface area contributed by atoms with Crippen LogP contribution in [0.25, 0.3) is 0 Å². The van der Waals surface area contributed by atoms with Gasteiger partial charge in [-0.1, -0.05) is 27.2 Å². The highest BCUT2D eigenvalue weighted by Crippen LogP contribution is 2.41. The van der Waals surface area contributed by atoms with Gasteiger partial charge in [-0.25, -0.2) is 10.4 Å². The number of hydrazine groups is 1. The minimum atomic E-state index is 0.180. The second-order valence-electron chi connectivity index (χ2n) is 7.78. The Balaban J connectivity index is 1.90. The quantitative estimate of drug-likeness (QED) is 0.826. The smallest absolute Gasteiger partial charge is 0.0448 e. The summed E-state index contributed by atoms with van der Waals surface area (Å²) in [6.45, 7) is 10.3. The Kier molecular flexibility index (Phi) is 4.91. The van der Waals surface area contributed by atoms with Gasteiger partial charge in [0, 0.05) is 25.2 Å². The van der Waals surface area contributed by atoms with E-state index in [0.29, 0.717) is 5.41 Å². The first-order valence-electron chi connectivity index (χ1n) is 8.18. The van der Waals surface area contributed by atoms with Crippen LogP contribution in [0.15, 0.2) is 0 Å². The first-order chi connectivity index (χ1) is 8.95. The van der Waals surface area contributed by atoms with E-state index in [0.717, 1.165) is 12.5 Å². The highest BCUT2D eigenvalue weighted by Gasteiger charge is 2.38. The lowest BCUT2D eigenvalue weighted by Crippen LogP contribution is -2.61. The molecule has 0 aromatic carbocycles. The van der Waals surface area contributed by atoms with Crippen molar-refractivity contribution in [3.05, 3.63) is 0 Å². The van der Waals surface area contributed by atoms with Crippen LogP contribution in [-0.4, -0.2) is 30.2 Å². The van der Waals surface area contributed by atoms with Crippen LogP contribution in [0.1, 0.15) is 65.7 Å². The molecule has 1 saturated carbocycles. The Morgan fingerprint density at radius 1 is 1.11 bits per heavy atom. The second-order valence-corrected chi connectivity index (χ2v) is 7.78. The van der Waals surface area contributed by atoms with Crippen LogP contribution in [0.4, 0.5) is 0 Å². The summed E-state index contributed by atoms with van der Waals surface area (Å²) in [4.78, 5) is 0. The Morgan fingerprint density at radius 2 is 1.68 bits per heavy atom. The number of piperidine rings is 1. The van der Waals surface area contributed by atoms with Crippen molar-refractivity contribution in [1.82, 2.24) is 10.4 Å². The van der Waals surface area contributed by atoms with E-state index in [-0.39, 0.29) is 5.54 Å². The molecule has 1 aliphatic carbocycles. The fraction of sp³-hybridized carbons (Fsp3) is 1.00. The van der Waals surface area contributed by atoms with Crippen molar-refractivity contribution in [2.45, 2.75) is 71.3 Å². The minimum absolute atomic E-state index is 0.180. The van der Waals surface area contributed by atoms with Gasteiger partial charge in [0.15, 0.2) is 0 Å². The number of hydrogen-bond donors (Lipinski definition) is 2. The third kappa shape index (κ3) is 3.93. The second kappa shape index (κ2) is 6.11. The largest absolute Gasteiger partial charge is 0.329 e. The Bertz CT molecular complexity index is 268. The van der Waals surface area contributed by atoms with E-state index >= 15 is 0 Å². The lowest BCUT2D eigenvalue weighted by Gasteiger charge is -2.47. The highest BCUT2D eigenvalue weighted by molar-refractivity contribution is 4.95. The molecule has 0 bridgehead atoms. The average Bonchev–Trinajstić information content (AvgIpc) is 2.39. The van der Waals surface area contributed by atoms with Gasteiger partial charge in [-0.3, -0.25) is 0 Å². The van der Waals surface area contributed by atoms with E-state index in [1.165, 1.54) is 58.0 Å². The van der Waals surface area contributed by atoms with Crippen molar-refractivity contribution in [2.75, 3.05) is 19.6 Å². The van der Waals surface area contributed by atoms with Crippen LogP contribution in [0.3, 0.4) is 0 Å². The fourth-order valence-corrected chi connectivity index (χ4v) is 3.74. The molecule has 0 aromatic rings. The predicted molar refractivity (Wildman–Crippen MR) is 81.8 cm³/mol. The summed E-state index contributed by atoms with van der Waals surface area (Å²) in [7, 11) is 0. The van der Waals surface area contributed by atoms with Gasteiger partial charge in [0.1, 0.15) is 0 Å². The van der Waals surface area contributed by atoms with Crippen LogP contribution in [0.2, 0.25) is 0 Å². The summed E-state index contributed by atoms with van der Waals surface area (Å²) in [5.41, 5.74) is 10.6. The van der Waals surface area contributed by atoms with Crippen LogP contribution in [0.5, 0.6) is 0 Å². The molecule has 0 radical (unpaired) electrons. The number of rotatable bonds is 3. The molecule has 1 aliphatic heterocycles. The van der Waals surface area contributed by atoms with Gasteiger partial charge in [0.05, 0.1) is 0 Å². The molecule has 1 saturated heterocycles. The normalized spacial score (nSPS) is 34.4. The maximum Gasteiger partial charge on any atom is 0.0448 e. The fourth-order valence-electron chi connectivity index (χ4n) is 3.74. The van der Waals surface area contributed by atoms with Crippen LogP contribution in [0, 0.1) is 11.3 Å². The van der Waals surface area contributed by atoms with Crippen LogP contribution < -0.4 is 11.2 Å². The van der Waals surface area contributed by atoms with Gasteiger partial charge in [0.25, 0.3) is 0 Å². The molecule has 3 heteroatoms. The van der Waals surface area contributed by atoms with Crippen molar-refractivity contribution in [3.63, 3.8) is 0 Å². The molecule has 3 nitrogen and oxygen atoms in total. The summed E-state index contributed by atoms with van der Waals surface area (Å²) in [5.74, 6) is 0.857. The standard InChI is InChI=1S/C16H33N3/c1-15(2,3)14-7-9-16(13-17,10-8-14)18-19-11-5-4-6-12-19/h14,18H,4-13,17H2,1-3H3. The third-order valence-electron chi connectivity index (χ3n) is 5.31. The summed E-state index contributed by atoms with van der Waals surface area (Å²) < 4.78 is 0. The summed E-state index contributed by atoms with van der Waals surface area (Å²) >= 11 is 0. The molecule has 2 fully saturated rings. The van der Waals surface area contributed by atoms with Crippen molar-refractivity contribution in [3.8, 4) is 0 Å². The van der Waals surface area contributed by atoms with Gasteiger partial charge in [-0.15, -0.1) is 0 Å². The maximum absolute atomic E-state index is 6.12. The Labute approximate surface area is 119 Å². The molecular weight excluding hydrogens is 234 g/mol. The number of nitrogens with one attached hydrogen (secondary N) is 1. The molecule has 1 heterocycles. The Hall–Kier alpha value is -0.120. The maximum atomic E-state index is 6.12. The van der Waals surface area contributed by atoms with Crippen LogP contribution >= 0.6 is 0 Å². The zero-order valence-corrected chi connectivity index (χ0v) is 13.2. The molecule has 0 atom stereocenters. The molecule has 0 aromatic heterocycles. The monoisotopic (exact) mass is 267 g/mol. The predicted octanol–water partition coefficient (Wildman–Crippen LogP) is 2.91. The molecule has 112 valence electrons. The van der Waals surface area contributed by atoms with E-state index < -0.39 is 0 Å². The van der Waals surface area contributed by atoms with Crippen molar-refractivity contribution in [2.24, 2.45) is 17.1 Å². The molecule has 0 unspecified atom stereocenters. The average molecular weight is 267 g/mol. The minimum Gasteiger partial charge on any atom is -0.329 e. The summed E-state index contributed by atoms with van der Waals surface area (Å²) in [6.07, 6.45) is 9.17. The molecule has 0 spiro atoms. The van der Waals surface area contributed by atoms with E-state index in [2.05, 4.69) is 31.2 Å². The highest BCUT2D eigenvalue weighted by atomic mass is 15.5. The van der Waals surface area contributed by atoms with Gasteiger partial charge >= 0.3 is 0 Å². The first kappa shape index (κ1) is 15.3. The summed E-state index contributed by atoms with van der Waals surface area (Å²) in [6, 6.07) is 0. The van der Waals surface area contributed by atoms with Crippen molar-refractivity contribution >= 4 is 0 Å². The van der Waals surface area contributed by atoms with Gasteiger partial charge < -0.3 is 5.73 Å². The van der Waals surface area contributed by atoms with E-state index in [1.807, 2.05) is 0 Å². The number of nitrogens with two attached hydrogens (primary N) is 1.